The Morgan fingerprint density at radius 1 is 1.59 bits per heavy atom. The Kier molecular flexibility index (Phi) is 5.71. The molecule has 1 unspecified atom stereocenters. The number of hydrogen-bond donors (Lipinski definition) is 1. The third-order valence-corrected chi connectivity index (χ3v) is 5.84. The maximum absolute atomic E-state index is 12.0. The van der Waals surface area contributed by atoms with Crippen LogP contribution in [0.4, 0.5) is 0 Å². The van der Waals surface area contributed by atoms with Crippen molar-refractivity contribution < 1.29 is 17.9 Å². The number of esters is 1. The van der Waals surface area contributed by atoms with Crippen LogP contribution in [0.2, 0.25) is 0 Å². The Morgan fingerprint density at radius 3 is 2.82 bits per heavy atom. The number of ether oxygens (including phenoxy) is 1. The Labute approximate surface area is 106 Å². The quantitative estimate of drug-likeness (QED) is 0.435. The lowest BCUT2D eigenvalue weighted by atomic mass is 10.4. The van der Waals surface area contributed by atoms with Crippen molar-refractivity contribution in [2.45, 2.75) is 31.6 Å². The van der Waals surface area contributed by atoms with Gasteiger partial charge in [-0.2, -0.15) is 0 Å². The standard InChI is InChI=1S/C9H18N2O4S2/c1-3-9(12)15-7-16-11(2)17(13,14)8-5-4-6-10-8/h8,10H,3-7H2,1-2H3. The number of rotatable bonds is 6. The lowest BCUT2D eigenvalue weighted by Crippen LogP contribution is -2.38. The van der Waals surface area contributed by atoms with Gasteiger partial charge in [0, 0.05) is 13.5 Å². The van der Waals surface area contributed by atoms with Gasteiger partial charge in [-0.1, -0.05) is 6.92 Å². The second-order valence-corrected chi connectivity index (χ2v) is 7.08. The summed E-state index contributed by atoms with van der Waals surface area (Å²) in [5.74, 6) is -0.308. The van der Waals surface area contributed by atoms with E-state index in [-0.39, 0.29) is 11.9 Å². The first-order valence-electron chi connectivity index (χ1n) is 5.48. The molecule has 1 aliphatic heterocycles. The molecule has 1 atom stereocenters. The van der Waals surface area contributed by atoms with Gasteiger partial charge < -0.3 is 4.74 Å². The Morgan fingerprint density at radius 2 is 2.29 bits per heavy atom. The van der Waals surface area contributed by atoms with Crippen molar-refractivity contribution in [3.63, 3.8) is 0 Å². The summed E-state index contributed by atoms with van der Waals surface area (Å²) in [6.07, 6.45) is 1.79. The molecule has 0 aromatic carbocycles. The summed E-state index contributed by atoms with van der Waals surface area (Å²) in [6.45, 7) is 2.42. The molecule has 17 heavy (non-hydrogen) atoms. The van der Waals surface area contributed by atoms with Gasteiger partial charge >= 0.3 is 5.97 Å². The number of carbonyl (C=O) groups excluding carboxylic acids is 1. The Bertz CT molecular complexity index is 352. The van der Waals surface area contributed by atoms with Crippen LogP contribution in [0.15, 0.2) is 0 Å². The largest absolute Gasteiger partial charge is 0.453 e. The van der Waals surface area contributed by atoms with Crippen molar-refractivity contribution in [3.05, 3.63) is 0 Å². The summed E-state index contributed by atoms with van der Waals surface area (Å²) >= 11 is 0.976. The molecule has 1 heterocycles. The van der Waals surface area contributed by atoms with Crippen LogP contribution in [0.1, 0.15) is 26.2 Å². The van der Waals surface area contributed by atoms with E-state index in [4.69, 9.17) is 4.74 Å². The van der Waals surface area contributed by atoms with Crippen LogP contribution >= 0.6 is 11.9 Å². The van der Waals surface area contributed by atoms with Crippen LogP contribution in [-0.2, 0) is 19.6 Å². The minimum Gasteiger partial charge on any atom is -0.453 e. The van der Waals surface area contributed by atoms with E-state index in [0.29, 0.717) is 12.8 Å². The van der Waals surface area contributed by atoms with Crippen molar-refractivity contribution in [2.24, 2.45) is 0 Å². The second kappa shape index (κ2) is 6.58. The lowest BCUT2D eigenvalue weighted by Gasteiger charge is -2.20. The van der Waals surface area contributed by atoms with Crippen molar-refractivity contribution in [3.8, 4) is 0 Å². The number of nitrogens with zero attached hydrogens (tertiary/aromatic N) is 1. The number of nitrogens with one attached hydrogen (secondary N) is 1. The predicted octanol–water partition coefficient (Wildman–Crippen LogP) is 0.516. The molecule has 0 radical (unpaired) electrons. The van der Waals surface area contributed by atoms with E-state index >= 15 is 0 Å². The summed E-state index contributed by atoms with van der Waals surface area (Å²) in [5, 5.41) is 2.43. The molecule has 1 saturated heterocycles. The van der Waals surface area contributed by atoms with Gasteiger partial charge in [-0.05, 0) is 31.3 Å². The average molecular weight is 282 g/mol. The highest BCUT2D eigenvalue weighted by molar-refractivity contribution is 8.08. The molecule has 0 aromatic heterocycles. The lowest BCUT2D eigenvalue weighted by molar-refractivity contribution is -0.141. The summed E-state index contributed by atoms with van der Waals surface area (Å²) in [4.78, 5) is 10.9. The predicted molar refractivity (Wildman–Crippen MR) is 66.5 cm³/mol. The first-order chi connectivity index (χ1) is 7.98. The molecule has 8 heteroatoms. The number of sulfonamides is 1. The van der Waals surface area contributed by atoms with Crippen LogP contribution < -0.4 is 5.32 Å². The molecule has 0 aromatic rings. The normalized spacial score (nSPS) is 20.8. The fraction of sp³-hybridized carbons (Fsp3) is 0.889. The van der Waals surface area contributed by atoms with Gasteiger partial charge in [-0.15, -0.1) is 3.71 Å². The van der Waals surface area contributed by atoms with E-state index in [0.717, 1.165) is 24.9 Å². The fourth-order valence-electron chi connectivity index (χ4n) is 1.43. The van der Waals surface area contributed by atoms with Gasteiger partial charge in [0.2, 0.25) is 10.0 Å². The highest BCUT2D eigenvalue weighted by Gasteiger charge is 2.32. The summed E-state index contributed by atoms with van der Waals surface area (Å²) in [6, 6.07) is 0. The van der Waals surface area contributed by atoms with E-state index in [1.165, 1.54) is 10.8 Å². The highest BCUT2D eigenvalue weighted by atomic mass is 32.3. The van der Waals surface area contributed by atoms with Crippen molar-refractivity contribution in [1.82, 2.24) is 9.03 Å². The van der Waals surface area contributed by atoms with Crippen molar-refractivity contribution in [1.29, 1.82) is 0 Å². The molecule has 1 aliphatic rings. The zero-order valence-electron chi connectivity index (χ0n) is 10.0. The van der Waals surface area contributed by atoms with Gasteiger partial charge in [0.15, 0.2) is 5.94 Å². The molecule has 0 spiro atoms. The zero-order chi connectivity index (χ0) is 12.9. The average Bonchev–Trinajstić information content (AvgIpc) is 2.82. The van der Waals surface area contributed by atoms with Gasteiger partial charge in [0.05, 0.1) is 0 Å². The van der Waals surface area contributed by atoms with Crippen LogP contribution in [0, 0.1) is 0 Å². The minimum absolute atomic E-state index is 0.0229. The molecule has 1 N–H and O–H groups in total. The molecule has 100 valence electrons. The second-order valence-electron chi connectivity index (χ2n) is 3.66. The first-order valence-corrected chi connectivity index (χ1v) is 7.92. The van der Waals surface area contributed by atoms with Crippen LogP contribution in [0.3, 0.4) is 0 Å². The summed E-state index contributed by atoms with van der Waals surface area (Å²) in [5.41, 5.74) is 0. The molecular formula is C9H18N2O4S2. The Hall–Kier alpha value is -0.310. The zero-order valence-corrected chi connectivity index (χ0v) is 11.6. The molecule has 1 rings (SSSR count). The molecule has 0 bridgehead atoms. The molecule has 6 nitrogen and oxygen atoms in total. The van der Waals surface area contributed by atoms with Gasteiger partial charge in [0.25, 0.3) is 0 Å². The third-order valence-electron chi connectivity index (χ3n) is 2.48. The minimum atomic E-state index is -3.35. The topological polar surface area (TPSA) is 75.7 Å². The molecule has 1 fully saturated rings. The SMILES string of the molecule is CCC(=O)OCSN(C)S(=O)(=O)C1CCCN1. The van der Waals surface area contributed by atoms with Gasteiger partial charge in [-0.3, -0.25) is 10.1 Å². The van der Waals surface area contributed by atoms with E-state index in [2.05, 4.69) is 5.32 Å². The first kappa shape index (κ1) is 14.7. The molecular weight excluding hydrogens is 264 g/mol. The summed E-state index contributed by atoms with van der Waals surface area (Å²) < 4.78 is 29.9. The van der Waals surface area contributed by atoms with Gasteiger partial charge in [0.1, 0.15) is 5.37 Å². The molecule has 0 amide bonds. The van der Waals surface area contributed by atoms with E-state index in [9.17, 15) is 13.2 Å². The molecule has 0 aliphatic carbocycles. The highest BCUT2D eigenvalue weighted by Crippen LogP contribution is 2.21. The van der Waals surface area contributed by atoms with Crippen LogP contribution in [0.5, 0.6) is 0 Å². The van der Waals surface area contributed by atoms with E-state index in [1.54, 1.807) is 6.92 Å². The third kappa shape index (κ3) is 4.13. The Balaban J connectivity index is 2.40. The van der Waals surface area contributed by atoms with E-state index in [1.807, 2.05) is 0 Å². The van der Waals surface area contributed by atoms with Crippen LogP contribution in [-0.4, -0.2) is 43.0 Å². The number of carbonyl (C=O) groups is 1. The fourth-order valence-corrected chi connectivity index (χ4v) is 3.94. The van der Waals surface area contributed by atoms with Crippen LogP contribution in [0.25, 0.3) is 0 Å². The monoisotopic (exact) mass is 282 g/mol. The van der Waals surface area contributed by atoms with Gasteiger partial charge in [-0.25, -0.2) is 8.42 Å². The number of hydrogen-bond acceptors (Lipinski definition) is 6. The summed E-state index contributed by atoms with van der Waals surface area (Å²) in [7, 11) is -1.88. The maximum atomic E-state index is 12.0. The maximum Gasteiger partial charge on any atom is 0.306 e. The smallest absolute Gasteiger partial charge is 0.306 e. The van der Waals surface area contributed by atoms with Crippen molar-refractivity contribution in [2.75, 3.05) is 19.5 Å². The van der Waals surface area contributed by atoms with E-state index < -0.39 is 15.4 Å². The van der Waals surface area contributed by atoms with Crippen molar-refractivity contribution >= 4 is 27.9 Å². The molecule has 0 saturated carbocycles.